The molecule has 112 valence electrons. The van der Waals surface area contributed by atoms with Crippen molar-refractivity contribution in [3.8, 4) is 0 Å². The predicted octanol–water partition coefficient (Wildman–Crippen LogP) is 1.44. The highest BCUT2D eigenvalue weighted by atomic mass is 19.1. The number of rotatable bonds is 5. The summed E-state index contributed by atoms with van der Waals surface area (Å²) in [6.45, 7) is 0. The third-order valence-corrected chi connectivity index (χ3v) is 2.95. The van der Waals surface area contributed by atoms with Crippen LogP contribution >= 0.6 is 0 Å². The molecule has 8 heteroatoms. The van der Waals surface area contributed by atoms with Crippen LogP contribution in [-0.4, -0.2) is 31.3 Å². The van der Waals surface area contributed by atoms with E-state index in [1.54, 1.807) is 24.4 Å². The number of nitrogens with one attached hydrogen (secondary N) is 3. The molecule has 0 aliphatic rings. The number of H-pyrrole nitrogens is 2. The van der Waals surface area contributed by atoms with Crippen LogP contribution in [0.1, 0.15) is 17.1 Å². The molecule has 3 aromatic rings. The van der Waals surface area contributed by atoms with Gasteiger partial charge in [0.2, 0.25) is 11.9 Å². The molecule has 7 nitrogen and oxygen atoms in total. The lowest BCUT2D eigenvalue weighted by Crippen LogP contribution is -2.15. The molecular formula is C14H13FN6O. The van der Waals surface area contributed by atoms with Crippen LogP contribution in [0.2, 0.25) is 0 Å². The first-order valence-corrected chi connectivity index (χ1v) is 6.63. The highest BCUT2D eigenvalue weighted by Gasteiger charge is 2.09. The van der Waals surface area contributed by atoms with E-state index in [9.17, 15) is 9.18 Å². The molecular weight excluding hydrogens is 287 g/mol. The number of carbonyl (C=O) groups excluding carboxylic acids is 1. The molecule has 1 amide bonds. The molecule has 2 aromatic heterocycles. The third kappa shape index (κ3) is 3.54. The number of hydrogen-bond acceptors (Lipinski definition) is 4. The molecule has 0 fully saturated rings. The van der Waals surface area contributed by atoms with Crippen LogP contribution in [0.15, 0.2) is 36.5 Å². The molecule has 0 unspecified atom stereocenters. The van der Waals surface area contributed by atoms with E-state index in [0.717, 1.165) is 5.56 Å². The maximum absolute atomic E-state index is 13.1. The maximum Gasteiger partial charge on any atom is 0.248 e. The van der Waals surface area contributed by atoms with Crippen LogP contribution in [0.25, 0.3) is 0 Å². The van der Waals surface area contributed by atoms with Gasteiger partial charge in [-0.1, -0.05) is 12.1 Å². The zero-order valence-electron chi connectivity index (χ0n) is 11.5. The van der Waals surface area contributed by atoms with Crippen LogP contribution < -0.4 is 5.32 Å². The van der Waals surface area contributed by atoms with Crippen LogP contribution in [0.4, 0.5) is 10.3 Å². The highest BCUT2D eigenvalue weighted by molar-refractivity contribution is 5.90. The number of aromatic amines is 2. The first kappa shape index (κ1) is 13.9. The quantitative estimate of drug-likeness (QED) is 0.664. The monoisotopic (exact) mass is 300 g/mol. The van der Waals surface area contributed by atoms with Gasteiger partial charge in [-0.25, -0.2) is 4.39 Å². The summed E-state index contributed by atoms with van der Waals surface area (Å²) in [5.74, 6) is 0.184. The minimum Gasteiger partial charge on any atom is -0.293 e. The molecule has 2 heterocycles. The summed E-state index contributed by atoms with van der Waals surface area (Å²) >= 11 is 0. The maximum atomic E-state index is 13.1. The average molecular weight is 300 g/mol. The number of hydrogen-bond donors (Lipinski definition) is 3. The van der Waals surface area contributed by atoms with E-state index in [0.29, 0.717) is 17.9 Å². The lowest BCUT2D eigenvalue weighted by molar-refractivity contribution is -0.115. The van der Waals surface area contributed by atoms with Crippen molar-refractivity contribution in [1.29, 1.82) is 0 Å². The Morgan fingerprint density at radius 2 is 2.18 bits per heavy atom. The Kier molecular flexibility index (Phi) is 3.90. The summed E-state index contributed by atoms with van der Waals surface area (Å²) < 4.78 is 13.1. The standard InChI is InChI=1S/C14H13FN6O/c15-10-3-1-2-9(6-10)7-12-17-14(21-20-12)18-13(22)8-11-4-5-16-19-11/h1-6H,7-8H2,(H,16,19)(H2,17,18,20,21,22). The van der Waals surface area contributed by atoms with E-state index < -0.39 is 0 Å². The molecule has 0 aliphatic carbocycles. The van der Waals surface area contributed by atoms with Gasteiger partial charge in [-0.2, -0.15) is 10.1 Å². The fourth-order valence-corrected chi connectivity index (χ4v) is 2.00. The summed E-state index contributed by atoms with van der Waals surface area (Å²) in [4.78, 5) is 15.9. The molecule has 3 N–H and O–H groups in total. The average Bonchev–Trinajstić information content (AvgIpc) is 3.11. The van der Waals surface area contributed by atoms with Crippen molar-refractivity contribution < 1.29 is 9.18 Å². The van der Waals surface area contributed by atoms with Crippen LogP contribution in [-0.2, 0) is 17.6 Å². The number of nitrogens with zero attached hydrogens (tertiary/aromatic N) is 3. The lowest BCUT2D eigenvalue weighted by atomic mass is 10.1. The molecule has 0 aliphatic heterocycles. The van der Waals surface area contributed by atoms with Crippen LogP contribution in [0.5, 0.6) is 0 Å². The van der Waals surface area contributed by atoms with Crippen molar-refractivity contribution >= 4 is 11.9 Å². The molecule has 1 aromatic carbocycles. The van der Waals surface area contributed by atoms with Crippen molar-refractivity contribution in [3.05, 3.63) is 59.4 Å². The van der Waals surface area contributed by atoms with Crippen LogP contribution in [0, 0.1) is 5.82 Å². The molecule has 0 radical (unpaired) electrons. The molecule has 0 bridgehead atoms. The van der Waals surface area contributed by atoms with Crippen molar-refractivity contribution in [2.75, 3.05) is 5.32 Å². The second-order valence-corrected chi connectivity index (χ2v) is 4.72. The number of amides is 1. The Bertz CT molecular complexity index is 767. The van der Waals surface area contributed by atoms with Gasteiger partial charge in [-0.3, -0.25) is 20.3 Å². The topological polar surface area (TPSA) is 99.4 Å². The third-order valence-electron chi connectivity index (χ3n) is 2.95. The Morgan fingerprint density at radius 1 is 1.27 bits per heavy atom. The first-order valence-electron chi connectivity index (χ1n) is 6.63. The van der Waals surface area contributed by atoms with Crippen LogP contribution in [0.3, 0.4) is 0 Å². The van der Waals surface area contributed by atoms with E-state index in [4.69, 9.17) is 0 Å². The normalized spacial score (nSPS) is 10.6. The fraction of sp³-hybridized carbons (Fsp3) is 0.143. The number of aromatic nitrogens is 5. The summed E-state index contributed by atoms with van der Waals surface area (Å²) in [5.41, 5.74) is 1.47. The van der Waals surface area contributed by atoms with E-state index in [-0.39, 0.29) is 24.1 Å². The first-order chi connectivity index (χ1) is 10.7. The molecule has 0 saturated heterocycles. The molecule has 3 rings (SSSR count). The van der Waals surface area contributed by atoms with Gasteiger partial charge in [0.15, 0.2) is 0 Å². The van der Waals surface area contributed by atoms with Gasteiger partial charge in [0.1, 0.15) is 11.6 Å². The van der Waals surface area contributed by atoms with E-state index in [1.807, 2.05) is 0 Å². The van der Waals surface area contributed by atoms with E-state index >= 15 is 0 Å². The largest absolute Gasteiger partial charge is 0.293 e. The smallest absolute Gasteiger partial charge is 0.248 e. The van der Waals surface area contributed by atoms with Gasteiger partial charge >= 0.3 is 0 Å². The van der Waals surface area contributed by atoms with Crippen molar-refractivity contribution in [1.82, 2.24) is 25.4 Å². The molecule has 22 heavy (non-hydrogen) atoms. The van der Waals surface area contributed by atoms with Crippen molar-refractivity contribution in [3.63, 3.8) is 0 Å². The lowest BCUT2D eigenvalue weighted by Gasteiger charge is -1.98. The van der Waals surface area contributed by atoms with Crippen molar-refractivity contribution in [2.45, 2.75) is 12.8 Å². The van der Waals surface area contributed by atoms with Crippen molar-refractivity contribution in [2.24, 2.45) is 0 Å². The highest BCUT2D eigenvalue weighted by Crippen LogP contribution is 2.09. The zero-order chi connectivity index (χ0) is 15.4. The summed E-state index contributed by atoms with van der Waals surface area (Å²) in [6, 6.07) is 7.95. The summed E-state index contributed by atoms with van der Waals surface area (Å²) in [5, 5.41) is 15.7. The van der Waals surface area contributed by atoms with Gasteiger partial charge in [0.25, 0.3) is 0 Å². The van der Waals surface area contributed by atoms with Gasteiger partial charge in [-0.05, 0) is 23.8 Å². The Hall–Kier alpha value is -3.03. The second-order valence-electron chi connectivity index (χ2n) is 4.72. The number of carbonyl (C=O) groups is 1. The fourth-order valence-electron chi connectivity index (χ4n) is 2.00. The molecule has 0 atom stereocenters. The van der Waals surface area contributed by atoms with Gasteiger partial charge < -0.3 is 0 Å². The number of halogens is 1. The number of anilines is 1. The zero-order valence-corrected chi connectivity index (χ0v) is 11.5. The van der Waals surface area contributed by atoms with E-state index in [2.05, 4.69) is 30.7 Å². The summed E-state index contributed by atoms with van der Waals surface area (Å²) in [6.07, 6.45) is 2.14. The molecule has 0 saturated carbocycles. The van der Waals surface area contributed by atoms with Gasteiger partial charge in [0, 0.05) is 18.3 Å². The predicted molar refractivity (Wildman–Crippen MR) is 76.5 cm³/mol. The summed E-state index contributed by atoms with van der Waals surface area (Å²) in [7, 11) is 0. The Morgan fingerprint density at radius 3 is 2.95 bits per heavy atom. The van der Waals surface area contributed by atoms with Gasteiger partial charge in [0.05, 0.1) is 6.42 Å². The SMILES string of the molecule is O=C(Cc1ccn[nH]1)Nc1n[nH]c(Cc2cccc(F)c2)n1. The Balaban J connectivity index is 1.60. The minimum atomic E-state index is -0.301. The molecule has 0 spiro atoms. The second kappa shape index (κ2) is 6.17. The Labute approximate surface area is 125 Å². The van der Waals surface area contributed by atoms with Gasteiger partial charge in [-0.15, -0.1) is 5.10 Å². The minimum absolute atomic E-state index is 0.160. The number of benzene rings is 1. The van der Waals surface area contributed by atoms with E-state index in [1.165, 1.54) is 12.1 Å².